The molecule has 0 bridgehead atoms. The Labute approximate surface area is 101 Å². The number of rotatable bonds is 5. The van der Waals surface area contributed by atoms with Crippen molar-refractivity contribution < 1.29 is 8.42 Å². The van der Waals surface area contributed by atoms with Crippen molar-refractivity contribution in [3.8, 4) is 0 Å². The highest BCUT2D eigenvalue weighted by molar-refractivity contribution is 7.91. The molecule has 0 heterocycles. The van der Waals surface area contributed by atoms with Crippen LogP contribution < -0.4 is 11.5 Å². The fourth-order valence-electron chi connectivity index (χ4n) is 1.34. The number of hydrogen-bond donors (Lipinski definition) is 2. The van der Waals surface area contributed by atoms with E-state index in [1.807, 2.05) is 0 Å². The Morgan fingerprint density at radius 1 is 1.24 bits per heavy atom. The molecular weight excluding hydrogens is 238 g/mol. The molecule has 0 unspecified atom stereocenters. The van der Waals surface area contributed by atoms with Gasteiger partial charge in [-0.25, -0.2) is 8.42 Å². The molecule has 0 aliphatic heterocycles. The lowest BCUT2D eigenvalue weighted by atomic mass is 10.1. The van der Waals surface area contributed by atoms with E-state index in [1.165, 1.54) is 0 Å². The molecule has 1 aromatic carbocycles. The largest absolute Gasteiger partial charge is 0.370 e. The van der Waals surface area contributed by atoms with Crippen LogP contribution in [0.3, 0.4) is 0 Å². The van der Waals surface area contributed by atoms with E-state index in [9.17, 15) is 8.42 Å². The second-order valence-electron chi connectivity index (χ2n) is 3.60. The molecule has 0 fully saturated rings. The summed E-state index contributed by atoms with van der Waals surface area (Å²) in [5, 5.41) is 0. The molecule has 5 nitrogen and oxygen atoms in total. The lowest BCUT2D eigenvalue weighted by Crippen LogP contribution is -2.23. The van der Waals surface area contributed by atoms with Gasteiger partial charge in [0.05, 0.1) is 10.6 Å². The van der Waals surface area contributed by atoms with Crippen LogP contribution >= 0.6 is 0 Å². The van der Waals surface area contributed by atoms with Crippen LogP contribution in [0.4, 0.5) is 0 Å². The van der Waals surface area contributed by atoms with Gasteiger partial charge in [0, 0.05) is 6.54 Å². The summed E-state index contributed by atoms with van der Waals surface area (Å²) in [6.07, 6.45) is 0.685. The van der Waals surface area contributed by atoms with E-state index < -0.39 is 9.84 Å². The van der Waals surface area contributed by atoms with Crippen molar-refractivity contribution in [1.82, 2.24) is 0 Å². The number of guanidine groups is 1. The molecular formula is C11H17N3O2S. The first-order chi connectivity index (χ1) is 7.95. The van der Waals surface area contributed by atoms with Gasteiger partial charge in [0.2, 0.25) is 0 Å². The SMILES string of the molecule is CCS(=O)(=O)c1ccc(CCN=C(N)N)cc1. The van der Waals surface area contributed by atoms with Crippen molar-refractivity contribution in [3.63, 3.8) is 0 Å². The summed E-state index contributed by atoms with van der Waals surface area (Å²) in [5.74, 6) is 0.176. The predicted molar refractivity (Wildman–Crippen MR) is 68.5 cm³/mol. The topological polar surface area (TPSA) is 98.5 Å². The van der Waals surface area contributed by atoms with E-state index >= 15 is 0 Å². The lowest BCUT2D eigenvalue weighted by molar-refractivity contribution is 0.597. The highest BCUT2D eigenvalue weighted by atomic mass is 32.2. The molecule has 0 radical (unpaired) electrons. The smallest absolute Gasteiger partial charge is 0.185 e. The van der Waals surface area contributed by atoms with Crippen molar-refractivity contribution in [2.75, 3.05) is 12.3 Å². The molecule has 0 atom stereocenters. The van der Waals surface area contributed by atoms with Gasteiger partial charge in [0.1, 0.15) is 0 Å². The molecule has 17 heavy (non-hydrogen) atoms. The molecule has 4 N–H and O–H groups in total. The first-order valence-corrected chi connectivity index (χ1v) is 6.98. The average molecular weight is 255 g/mol. The highest BCUT2D eigenvalue weighted by Crippen LogP contribution is 2.12. The van der Waals surface area contributed by atoms with Gasteiger partial charge in [-0.3, -0.25) is 4.99 Å². The maximum absolute atomic E-state index is 11.6. The summed E-state index contributed by atoms with van der Waals surface area (Å²) in [7, 11) is -3.12. The zero-order valence-corrected chi connectivity index (χ0v) is 10.6. The van der Waals surface area contributed by atoms with Crippen molar-refractivity contribution >= 4 is 15.8 Å². The normalized spacial score (nSPS) is 11.1. The molecule has 0 aromatic heterocycles. The van der Waals surface area contributed by atoms with Crippen LogP contribution in [0.5, 0.6) is 0 Å². The number of benzene rings is 1. The zero-order chi connectivity index (χ0) is 12.9. The summed E-state index contributed by atoms with van der Waals surface area (Å²) in [6, 6.07) is 6.79. The van der Waals surface area contributed by atoms with Crippen molar-refractivity contribution in [3.05, 3.63) is 29.8 Å². The maximum atomic E-state index is 11.6. The second kappa shape index (κ2) is 5.67. The monoisotopic (exact) mass is 255 g/mol. The number of nitrogens with two attached hydrogens (primary N) is 2. The molecule has 94 valence electrons. The Hall–Kier alpha value is -1.56. The number of aliphatic imine (C=N–C) groups is 1. The summed E-state index contributed by atoms with van der Waals surface area (Å²) in [6.45, 7) is 2.13. The molecule has 6 heteroatoms. The molecule has 0 spiro atoms. The fourth-order valence-corrected chi connectivity index (χ4v) is 2.23. The highest BCUT2D eigenvalue weighted by Gasteiger charge is 2.10. The number of nitrogens with zero attached hydrogens (tertiary/aromatic N) is 1. The van der Waals surface area contributed by atoms with Gasteiger partial charge >= 0.3 is 0 Å². The van der Waals surface area contributed by atoms with Gasteiger partial charge in [-0.15, -0.1) is 0 Å². The summed E-state index contributed by atoms with van der Waals surface area (Å²) in [5.41, 5.74) is 11.4. The number of sulfone groups is 1. The van der Waals surface area contributed by atoms with E-state index in [1.54, 1.807) is 31.2 Å². The Bertz CT molecular complexity index is 488. The van der Waals surface area contributed by atoms with Crippen LogP contribution in [0.1, 0.15) is 12.5 Å². The minimum Gasteiger partial charge on any atom is -0.370 e. The average Bonchev–Trinajstić information content (AvgIpc) is 2.29. The fraction of sp³-hybridized carbons (Fsp3) is 0.364. The molecule has 0 saturated carbocycles. The van der Waals surface area contributed by atoms with Crippen LogP contribution in [0.2, 0.25) is 0 Å². The minimum atomic E-state index is -3.12. The molecule has 1 rings (SSSR count). The Morgan fingerprint density at radius 3 is 2.29 bits per heavy atom. The van der Waals surface area contributed by atoms with E-state index in [0.717, 1.165) is 5.56 Å². The molecule has 0 amide bonds. The van der Waals surface area contributed by atoms with Crippen molar-refractivity contribution in [1.29, 1.82) is 0 Å². The first kappa shape index (κ1) is 13.5. The van der Waals surface area contributed by atoms with Gasteiger partial charge < -0.3 is 11.5 Å². The standard InChI is InChI=1S/C11H17N3O2S/c1-2-17(15,16)10-5-3-9(4-6-10)7-8-14-11(12)13/h3-6H,2,7-8H2,1H3,(H4,12,13,14). The Balaban J connectivity index is 2.72. The maximum Gasteiger partial charge on any atom is 0.185 e. The van der Waals surface area contributed by atoms with Gasteiger partial charge in [0.15, 0.2) is 15.8 Å². The zero-order valence-electron chi connectivity index (χ0n) is 9.76. The minimum absolute atomic E-state index is 0.0650. The van der Waals surface area contributed by atoms with E-state index in [2.05, 4.69) is 4.99 Å². The summed E-state index contributed by atoms with van der Waals surface area (Å²) < 4.78 is 23.1. The van der Waals surface area contributed by atoms with Gasteiger partial charge in [-0.2, -0.15) is 0 Å². The number of hydrogen-bond acceptors (Lipinski definition) is 3. The van der Waals surface area contributed by atoms with E-state index in [0.29, 0.717) is 17.9 Å². The predicted octanol–water partition coefficient (Wildman–Crippen LogP) is 0.296. The van der Waals surface area contributed by atoms with Gasteiger partial charge in [0.25, 0.3) is 0 Å². The third-order valence-electron chi connectivity index (χ3n) is 2.36. The van der Waals surface area contributed by atoms with Gasteiger partial charge in [-0.1, -0.05) is 19.1 Å². The van der Waals surface area contributed by atoms with Crippen LogP contribution in [0.25, 0.3) is 0 Å². The van der Waals surface area contributed by atoms with E-state index in [4.69, 9.17) is 11.5 Å². The van der Waals surface area contributed by atoms with Gasteiger partial charge in [-0.05, 0) is 24.1 Å². The van der Waals surface area contributed by atoms with Crippen molar-refractivity contribution in [2.24, 2.45) is 16.5 Å². The third kappa shape index (κ3) is 4.07. The third-order valence-corrected chi connectivity index (χ3v) is 4.11. The molecule has 0 saturated heterocycles. The van der Waals surface area contributed by atoms with Crippen LogP contribution in [-0.2, 0) is 16.3 Å². The van der Waals surface area contributed by atoms with Crippen LogP contribution in [0.15, 0.2) is 34.2 Å². The molecule has 0 aliphatic carbocycles. The Morgan fingerprint density at radius 2 is 1.82 bits per heavy atom. The molecule has 1 aromatic rings. The van der Waals surface area contributed by atoms with E-state index in [-0.39, 0.29) is 11.7 Å². The quantitative estimate of drug-likeness (QED) is 0.583. The Kier molecular flexibility index (Phi) is 4.51. The first-order valence-electron chi connectivity index (χ1n) is 5.33. The summed E-state index contributed by atoms with van der Waals surface area (Å²) in [4.78, 5) is 4.21. The molecule has 0 aliphatic rings. The van der Waals surface area contributed by atoms with Crippen LogP contribution in [-0.4, -0.2) is 26.7 Å². The summed E-state index contributed by atoms with van der Waals surface area (Å²) >= 11 is 0. The second-order valence-corrected chi connectivity index (χ2v) is 5.88. The lowest BCUT2D eigenvalue weighted by Gasteiger charge is -2.03. The van der Waals surface area contributed by atoms with Crippen molar-refractivity contribution in [2.45, 2.75) is 18.2 Å². The van der Waals surface area contributed by atoms with Crippen LogP contribution in [0, 0.1) is 0 Å².